The SMILES string of the molecule is CC1=C(/C=C/C(C)=C/C=C/C(C)=C/C(=O)O)[C@@](C)(CO)CC[C@@H]1O. The first kappa shape index (κ1) is 20.1. The molecule has 0 fully saturated rings. The summed E-state index contributed by atoms with van der Waals surface area (Å²) < 4.78 is 0. The molecule has 0 radical (unpaired) electrons. The van der Waals surface area contributed by atoms with Crippen molar-refractivity contribution in [1.29, 1.82) is 0 Å². The molecule has 0 aromatic carbocycles. The second-order valence-electron chi connectivity index (χ2n) is 6.70. The summed E-state index contributed by atoms with van der Waals surface area (Å²) >= 11 is 0. The Kier molecular flexibility index (Phi) is 7.39. The van der Waals surface area contributed by atoms with Crippen molar-refractivity contribution in [2.45, 2.75) is 46.6 Å². The van der Waals surface area contributed by atoms with E-state index in [2.05, 4.69) is 0 Å². The molecule has 0 spiro atoms. The van der Waals surface area contributed by atoms with Gasteiger partial charge in [-0.3, -0.25) is 0 Å². The van der Waals surface area contributed by atoms with Crippen LogP contribution in [0.4, 0.5) is 0 Å². The monoisotopic (exact) mass is 332 g/mol. The predicted octanol–water partition coefficient (Wildman–Crippen LogP) is 3.55. The first-order chi connectivity index (χ1) is 11.2. The third kappa shape index (κ3) is 5.62. The molecule has 24 heavy (non-hydrogen) atoms. The van der Waals surface area contributed by atoms with Gasteiger partial charge in [-0.05, 0) is 50.3 Å². The molecule has 0 saturated heterocycles. The molecule has 0 saturated carbocycles. The summed E-state index contributed by atoms with van der Waals surface area (Å²) in [6.07, 6.45) is 11.5. The average molecular weight is 332 g/mol. The van der Waals surface area contributed by atoms with Crippen LogP contribution in [0.15, 0.2) is 58.7 Å². The molecule has 4 nitrogen and oxygen atoms in total. The normalized spacial score (nSPS) is 26.7. The van der Waals surface area contributed by atoms with E-state index in [4.69, 9.17) is 5.11 Å². The summed E-state index contributed by atoms with van der Waals surface area (Å²) in [5, 5.41) is 28.5. The van der Waals surface area contributed by atoms with E-state index >= 15 is 0 Å². The van der Waals surface area contributed by atoms with Crippen LogP contribution in [0, 0.1) is 5.41 Å². The number of carbonyl (C=O) groups is 1. The first-order valence-electron chi connectivity index (χ1n) is 8.14. The zero-order valence-corrected chi connectivity index (χ0v) is 14.9. The van der Waals surface area contributed by atoms with E-state index in [9.17, 15) is 15.0 Å². The van der Waals surface area contributed by atoms with Crippen LogP contribution in [0.3, 0.4) is 0 Å². The van der Waals surface area contributed by atoms with Crippen LogP contribution in [-0.4, -0.2) is 34.0 Å². The van der Waals surface area contributed by atoms with Crippen molar-refractivity contribution >= 4 is 5.97 Å². The fraction of sp³-hybridized carbons (Fsp3) is 0.450. The standard InChI is InChI=1S/C20H28O4/c1-14(6-5-7-15(2)12-19(23)24)8-9-17-16(3)18(22)10-11-20(17,4)13-21/h5-9,12,18,21-22H,10-11,13H2,1-4H3,(H,23,24)/b7-5+,9-8+,14-6+,15-12+/t18-,20+/m0/s1. The molecule has 132 valence electrons. The number of allylic oxidation sites excluding steroid dienone is 7. The summed E-state index contributed by atoms with van der Waals surface area (Å²) in [5.74, 6) is -0.959. The Morgan fingerprint density at radius 2 is 1.96 bits per heavy atom. The van der Waals surface area contributed by atoms with E-state index in [1.807, 2.05) is 39.0 Å². The quantitative estimate of drug-likeness (QED) is 0.513. The highest BCUT2D eigenvalue weighted by Gasteiger charge is 2.34. The molecular formula is C20H28O4. The van der Waals surface area contributed by atoms with Crippen LogP contribution in [0.1, 0.15) is 40.5 Å². The molecule has 1 aliphatic rings. The molecule has 0 aromatic rings. The fourth-order valence-electron chi connectivity index (χ4n) is 2.82. The number of hydrogen-bond acceptors (Lipinski definition) is 3. The van der Waals surface area contributed by atoms with Crippen molar-refractivity contribution in [2.24, 2.45) is 5.41 Å². The van der Waals surface area contributed by atoms with Crippen molar-refractivity contribution in [3.63, 3.8) is 0 Å². The Hall–Kier alpha value is -1.91. The molecule has 3 N–H and O–H groups in total. The summed E-state index contributed by atoms with van der Waals surface area (Å²) in [7, 11) is 0. The molecule has 1 rings (SSSR count). The summed E-state index contributed by atoms with van der Waals surface area (Å²) in [4.78, 5) is 10.5. The van der Waals surface area contributed by atoms with E-state index in [0.29, 0.717) is 12.0 Å². The van der Waals surface area contributed by atoms with Crippen LogP contribution < -0.4 is 0 Å². The molecular weight excluding hydrogens is 304 g/mol. The van der Waals surface area contributed by atoms with Gasteiger partial charge < -0.3 is 15.3 Å². The van der Waals surface area contributed by atoms with Crippen LogP contribution in [0.2, 0.25) is 0 Å². The predicted molar refractivity (Wildman–Crippen MR) is 96.6 cm³/mol. The maximum atomic E-state index is 10.5. The second-order valence-corrected chi connectivity index (χ2v) is 6.70. The topological polar surface area (TPSA) is 77.8 Å². The molecule has 0 heterocycles. The van der Waals surface area contributed by atoms with Gasteiger partial charge in [0.1, 0.15) is 0 Å². The van der Waals surface area contributed by atoms with E-state index in [0.717, 1.165) is 29.2 Å². The lowest BCUT2D eigenvalue weighted by Crippen LogP contribution is -2.32. The van der Waals surface area contributed by atoms with Gasteiger partial charge in [0.25, 0.3) is 0 Å². The molecule has 0 bridgehead atoms. The number of aliphatic carboxylic acids is 1. The van der Waals surface area contributed by atoms with Crippen LogP contribution in [0.5, 0.6) is 0 Å². The smallest absolute Gasteiger partial charge is 0.328 e. The van der Waals surface area contributed by atoms with Gasteiger partial charge in [-0.1, -0.05) is 42.9 Å². The number of aliphatic hydroxyl groups excluding tert-OH is 2. The Labute approximate surface area is 144 Å². The zero-order chi connectivity index (χ0) is 18.3. The summed E-state index contributed by atoms with van der Waals surface area (Å²) in [6.45, 7) is 7.66. The highest BCUT2D eigenvalue weighted by molar-refractivity contribution is 5.81. The van der Waals surface area contributed by atoms with E-state index in [1.165, 1.54) is 0 Å². The minimum Gasteiger partial charge on any atom is -0.478 e. The van der Waals surface area contributed by atoms with Crippen molar-refractivity contribution in [3.8, 4) is 0 Å². The van der Waals surface area contributed by atoms with Gasteiger partial charge in [0, 0.05) is 11.5 Å². The third-order valence-electron chi connectivity index (χ3n) is 4.48. The van der Waals surface area contributed by atoms with Gasteiger partial charge in [-0.25, -0.2) is 4.79 Å². The van der Waals surface area contributed by atoms with Crippen molar-refractivity contribution < 1.29 is 20.1 Å². The minimum absolute atomic E-state index is 0.0541. The van der Waals surface area contributed by atoms with Gasteiger partial charge in [0.15, 0.2) is 0 Å². The number of carboxylic acids is 1. The van der Waals surface area contributed by atoms with Gasteiger partial charge in [0.05, 0.1) is 12.7 Å². The Morgan fingerprint density at radius 1 is 1.29 bits per heavy atom. The van der Waals surface area contributed by atoms with Gasteiger partial charge in [0.2, 0.25) is 0 Å². The van der Waals surface area contributed by atoms with Crippen molar-refractivity contribution in [2.75, 3.05) is 6.61 Å². The number of carboxylic acid groups (broad SMARTS) is 1. The maximum absolute atomic E-state index is 10.5. The van der Waals surface area contributed by atoms with Gasteiger partial charge in [-0.2, -0.15) is 0 Å². The highest BCUT2D eigenvalue weighted by Crippen LogP contribution is 2.41. The molecule has 0 amide bonds. The van der Waals surface area contributed by atoms with Crippen LogP contribution in [0.25, 0.3) is 0 Å². The van der Waals surface area contributed by atoms with Gasteiger partial charge >= 0.3 is 5.97 Å². The molecule has 0 unspecified atom stereocenters. The van der Waals surface area contributed by atoms with E-state index < -0.39 is 12.1 Å². The van der Waals surface area contributed by atoms with Crippen molar-refractivity contribution in [1.82, 2.24) is 0 Å². The van der Waals surface area contributed by atoms with Crippen LogP contribution in [-0.2, 0) is 4.79 Å². The number of hydrogen-bond donors (Lipinski definition) is 3. The number of aliphatic hydroxyl groups is 2. The largest absolute Gasteiger partial charge is 0.478 e. The third-order valence-corrected chi connectivity index (χ3v) is 4.48. The second kappa shape index (κ2) is 8.81. The minimum atomic E-state index is -0.959. The van der Waals surface area contributed by atoms with Gasteiger partial charge in [-0.15, -0.1) is 0 Å². The Bertz CT molecular complexity index is 620. The Balaban J connectivity index is 2.93. The molecule has 1 aliphatic carbocycles. The van der Waals surface area contributed by atoms with Crippen molar-refractivity contribution in [3.05, 3.63) is 58.7 Å². The van der Waals surface area contributed by atoms with E-state index in [-0.39, 0.29) is 12.0 Å². The zero-order valence-electron chi connectivity index (χ0n) is 14.9. The highest BCUT2D eigenvalue weighted by atomic mass is 16.4. The lowest BCUT2D eigenvalue weighted by atomic mass is 9.70. The average Bonchev–Trinajstić information content (AvgIpc) is 2.50. The van der Waals surface area contributed by atoms with E-state index in [1.54, 1.807) is 19.1 Å². The first-order valence-corrected chi connectivity index (χ1v) is 8.14. The molecule has 0 aliphatic heterocycles. The summed E-state index contributed by atoms with van der Waals surface area (Å²) in [6, 6.07) is 0. The Morgan fingerprint density at radius 3 is 2.54 bits per heavy atom. The molecule has 4 heteroatoms. The lowest BCUT2D eigenvalue weighted by molar-refractivity contribution is -0.131. The fourth-order valence-corrected chi connectivity index (χ4v) is 2.82. The molecule has 0 aromatic heterocycles. The lowest BCUT2D eigenvalue weighted by Gasteiger charge is -2.37. The summed E-state index contributed by atoms with van der Waals surface area (Å²) in [5.41, 5.74) is 3.24. The maximum Gasteiger partial charge on any atom is 0.328 e. The molecule has 2 atom stereocenters. The number of rotatable bonds is 6. The van der Waals surface area contributed by atoms with Crippen LogP contribution >= 0.6 is 0 Å².